The molecule has 0 saturated carbocycles. The topological polar surface area (TPSA) is 172 Å². The number of hydrogen-bond acceptors (Lipinski definition) is 9. The molecule has 10 nitrogen and oxygen atoms in total. The molecule has 7 N–H and O–H groups in total. The van der Waals surface area contributed by atoms with Gasteiger partial charge >= 0.3 is 6.01 Å². The molecule has 11 heteroatoms. The van der Waals surface area contributed by atoms with Crippen LogP contribution in [0.15, 0.2) is 42.6 Å². The number of nitrogens with two attached hydrogens (primary N) is 3. The molecule has 154 valence electrons. The molecule has 0 saturated heterocycles. The first-order chi connectivity index (χ1) is 14.4. The summed E-state index contributed by atoms with van der Waals surface area (Å²) < 4.78 is 5.83. The van der Waals surface area contributed by atoms with Gasteiger partial charge in [0.2, 0.25) is 0 Å². The summed E-state index contributed by atoms with van der Waals surface area (Å²) in [7, 11) is 0. The van der Waals surface area contributed by atoms with E-state index in [2.05, 4.69) is 20.3 Å². The van der Waals surface area contributed by atoms with Gasteiger partial charge in [-0.15, -0.1) is 0 Å². The van der Waals surface area contributed by atoms with Crippen LogP contribution in [0.3, 0.4) is 0 Å². The SMILES string of the molecule is NCC(C=O)Nc1cc(C(N)=O)nc(Oc2ccc(Cl)cc2-c2ccnc(N)c2)n1. The van der Waals surface area contributed by atoms with E-state index >= 15 is 0 Å². The Morgan fingerprint density at radius 1 is 1.23 bits per heavy atom. The minimum absolute atomic E-state index is 0.0282. The number of anilines is 2. The number of hydrogen-bond donors (Lipinski definition) is 4. The zero-order valence-corrected chi connectivity index (χ0v) is 16.3. The smallest absolute Gasteiger partial charge is 0.324 e. The van der Waals surface area contributed by atoms with E-state index in [-0.39, 0.29) is 24.1 Å². The highest BCUT2D eigenvalue weighted by Crippen LogP contribution is 2.35. The summed E-state index contributed by atoms with van der Waals surface area (Å²) in [4.78, 5) is 34.9. The third-order valence-corrected chi connectivity index (χ3v) is 4.18. The van der Waals surface area contributed by atoms with Crippen LogP contribution in [-0.4, -0.2) is 39.7 Å². The zero-order chi connectivity index (χ0) is 21.7. The standard InChI is InChI=1S/C19H18ClN7O3/c20-11-1-2-15(13(6-11)10-3-4-24-16(22)5-10)30-19-26-14(18(23)29)7-17(27-19)25-12(8-21)9-28/h1-7,9,12H,8,21H2,(H2,22,24)(H2,23,29)(H,25,26,27). The molecular formula is C19H18ClN7O3. The average molecular weight is 428 g/mol. The lowest BCUT2D eigenvalue weighted by atomic mass is 10.1. The van der Waals surface area contributed by atoms with Crippen molar-refractivity contribution in [2.75, 3.05) is 17.6 Å². The summed E-state index contributed by atoms with van der Waals surface area (Å²) in [5, 5.41) is 3.26. The van der Waals surface area contributed by atoms with Crippen LogP contribution in [0.4, 0.5) is 11.6 Å². The number of carbonyl (C=O) groups is 2. The molecule has 0 aliphatic carbocycles. The lowest BCUT2D eigenvalue weighted by Crippen LogP contribution is -2.30. The van der Waals surface area contributed by atoms with Gasteiger partial charge in [-0.3, -0.25) is 4.79 Å². The van der Waals surface area contributed by atoms with Crippen molar-refractivity contribution in [2.24, 2.45) is 11.5 Å². The lowest BCUT2D eigenvalue weighted by molar-refractivity contribution is -0.108. The number of nitrogens with one attached hydrogen (secondary N) is 1. The van der Waals surface area contributed by atoms with Gasteiger partial charge in [-0.2, -0.15) is 9.97 Å². The fraction of sp³-hybridized carbons (Fsp3) is 0.105. The summed E-state index contributed by atoms with van der Waals surface area (Å²) in [5.41, 5.74) is 17.8. The van der Waals surface area contributed by atoms with Crippen LogP contribution in [0.1, 0.15) is 10.5 Å². The van der Waals surface area contributed by atoms with E-state index < -0.39 is 11.9 Å². The molecule has 0 radical (unpaired) electrons. The van der Waals surface area contributed by atoms with Crippen molar-refractivity contribution >= 4 is 35.4 Å². The Hall–Kier alpha value is -3.76. The van der Waals surface area contributed by atoms with Gasteiger partial charge in [0.25, 0.3) is 5.91 Å². The van der Waals surface area contributed by atoms with E-state index in [0.29, 0.717) is 34.0 Å². The number of rotatable bonds is 8. The van der Waals surface area contributed by atoms with Crippen molar-refractivity contribution in [2.45, 2.75) is 6.04 Å². The Morgan fingerprint density at radius 3 is 2.70 bits per heavy atom. The quantitative estimate of drug-likeness (QED) is 0.389. The molecule has 2 heterocycles. The second-order valence-corrected chi connectivity index (χ2v) is 6.56. The zero-order valence-electron chi connectivity index (χ0n) is 15.6. The van der Waals surface area contributed by atoms with Gasteiger partial charge in [-0.05, 0) is 35.9 Å². The third kappa shape index (κ3) is 4.99. The van der Waals surface area contributed by atoms with Crippen molar-refractivity contribution < 1.29 is 14.3 Å². The molecule has 0 aliphatic rings. The Balaban J connectivity index is 2.02. The van der Waals surface area contributed by atoms with Crippen molar-refractivity contribution in [1.29, 1.82) is 0 Å². The summed E-state index contributed by atoms with van der Waals surface area (Å²) >= 11 is 6.14. The van der Waals surface area contributed by atoms with Gasteiger partial charge in [0.15, 0.2) is 0 Å². The number of aromatic nitrogens is 3. The summed E-state index contributed by atoms with van der Waals surface area (Å²) in [6.07, 6.45) is 2.17. The molecule has 1 amide bonds. The fourth-order valence-corrected chi connectivity index (χ4v) is 2.71. The molecule has 2 aromatic heterocycles. The second-order valence-electron chi connectivity index (χ2n) is 6.12. The average Bonchev–Trinajstić information content (AvgIpc) is 2.73. The lowest BCUT2D eigenvalue weighted by Gasteiger charge is -2.14. The monoisotopic (exact) mass is 427 g/mol. The number of ether oxygens (including phenoxy) is 1. The van der Waals surface area contributed by atoms with E-state index in [4.69, 9.17) is 33.5 Å². The molecule has 0 bridgehead atoms. The number of carbonyl (C=O) groups excluding carboxylic acids is 2. The van der Waals surface area contributed by atoms with Crippen LogP contribution in [0.25, 0.3) is 11.1 Å². The molecule has 1 unspecified atom stereocenters. The molecule has 30 heavy (non-hydrogen) atoms. The largest absolute Gasteiger partial charge is 0.424 e. The van der Waals surface area contributed by atoms with Crippen molar-refractivity contribution in [3.63, 3.8) is 0 Å². The van der Waals surface area contributed by atoms with Crippen LogP contribution in [-0.2, 0) is 4.79 Å². The van der Waals surface area contributed by atoms with Gasteiger partial charge in [0.05, 0.1) is 6.04 Å². The number of primary amides is 1. The van der Waals surface area contributed by atoms with E-state index in [1.807, 2.05) is 0 Å². The highest BCUT2D eigenvalue weighted by Gasteiger charge is 2.16. The van der Waals surface area contributed by atoms with Crippen LogP contribution in [0.5, 0.6) is 11.8 Å². The molecule has 3 rings (SSSR count). The van der Waals surface area contributed by atoms with E-state index in [1.165, 1.54) is 6.07 Å². The maximum atomic E-state index is 11.7. The minimum atomic E-state index is -0.793. The maximum Gasteiger partial charge on any atom is 0.324 e. The Labute approximate surface area is 176 Å². The van der Waals surface area contributed by atoms with Crippen molar-refractivity contribution in [1.82, 2.24) is 15.0 Å². The Bertz CT molecular complexity index is 1090. The first-order valence-corrected chi connectivity index (χ1v) is 9.07. The first-order valence-electron chi connectivity index (χ1n) is 8.69. The van der Waals surface area contributed by atoms with Crippen molar-refractivity contribution in [3.8, 4) is 22.9 Å². The Kier molecular flexibility index (Phi) is 6.40. The number of amides is 1. The minimum Gasteiger partial charge on any atom is -0.424 e. The van der Waals surface area contributed by atoms with Crippen LogP contribution in [0.2, 0.25) is 5.02 Å². The van der Waals surface area contributed by atoms with E-state index in [9.17, 15) is 9.59 Å². The normalized spacial score (nSPS) is 11.5. The van der Waals surface area contributed by atoms with E-state index in [1.54, 1.807) is 36.5 Å². The van der Waals surface area contributed by atoms with Gasteiger partial charge in [-0.1, -0.05) is 11.6 Å². The molecular weight excluding hydrogens is 410 g/mol. The van der Waals surface area contributed by atoms with Crippen LogP contribution in [0, 0.1) is 0 Å². The number of aldehydes is 1. The molecule has 0 aliphatic heterocycles. The number of benzene rings is 1. The molecule has 0 fully saturated rings. The van der Waals surface area contributed by atoms with E-state index in [0.717, 1.165) is 0 Å². The third-order valence-electron chi connectivity index (χ3n) is 3.94. The van der Waals surface area contributed by atoms with Gasteiger partial charge < -0.3 is 32.0 Å². The predicted molar refractivity (Wildman–Crippen MR) is 112 cm³/mol. The fourth-order valence-electron chi connectivity index (χ4n) is 2.54. The van der Waals surface area contributed by atoms with Crippen molar-refractivity contribution in [3.05, 3.63) is 53.3 Å². The number of nitrogens with zero attached hydrogens (tertiary/aromatic N) is 3. The molecule has 1 atom stereocenters. The highest BCUT2D eigenvalue weighted by molar-refractivity contribution is 6.31. The first kappa shape index (κ1) is 21.0. The van der Waals surface area contributed by atoms with Gasteiger partial charge in [0, 0.05) is 29.4 Å². The van der Waals surface area contributed by atoms with Crippen LogP contribution >= 0.6 is 11.6 Å². The van der Waals surface area contributed by atoms with Gasteiger partial charge in [0.1, 0.15) is 29.4 Å². The highest BCUT2D eigenvalue weighted by atomic mass is 35.5. The summed E-state index contributed by atoms with van der Waals surface area (Å²) in [6, 6.07) is 8.74. The maximum absolute atomic E-state index is 11.7. The predicted octanol–water partition coefficient (Wildman–Crippen LogP) is 1.60. The number of nitrogen functional groups attached to an aromatic ring is 1. The number of halogens is 1. The molecule has 3 aromatic rings. The summed E-state index contributed by atoms with van der Waals surface area (Å²) in [6.45, 7) is 0.0282. The van der Waals surface area contributed by atoms with Gasteiger partial charge in [-0.25, -0.2) is 4.98 Å². The van der Waals surface area contributed by atoms with Crippen LogP contribution < -0.4 is 27.3 Å². The number of pyridine rings is 1. The Morgan fingerprint density at radius 2 is 2.03 bits per heavy atom. The second kappa shape index (κ2) is 9.16. The summed E-state index contributed by atoms with van der Waals surface area (Å²) in [5.74, 6) is 0.0286. The molecule has 1 aromatic carbocycles. The molecule has 0 spiro atoms.